The summed E-state index contributed by atoms with van der Waals surface area (Å²) in [5.41, 5.74) is 0.978. The molecule has 1 aliphatic rings. The van der Waals surface area contributed by atoms with Crippen molar-refractivity contribution in [3.63, 3.8) is 0 Å². The van der Waals surface area contributed by atoms with Gasteiger partial charge in [-0.05, 0) is 24.4 Å². The number of rotatable bonds is 5. The molecule has 3 rings (SSSR count). The van der Waals surface area contributed by atoms with E-state index in [1.54, 1.807) is 17.5 Å². The average molecular weight is 304 g/mol. The minimum atomic E-state index is 0.345. The van der Waals surface area contributed by atoms with Crippen molar-refractivity contribution in [2.75, 3.05) is 38.2 Å². The zero-order valence-corrected chi connectivity index (χ0v) is 13.0. The molecule has 1 atom stereocenters. The minimum Gasteiger partial charge on any atom is -0.379 e. The Kier molecular flexibility index (Phi) is 4.80. The van der Waals surface area contributed by atoms with Gasteiger partial charge in [0.25, 0.3) is 0 Å². The fourth-order valence-electron chi connectivity index (χ4n) is 2.50. The van der Waals surface area contributed by atoms with E-state index in [1.165, 1.54) is 4.88 Å². The maximum Gasteiger partial charge on any atom is 0.222 e. The largest absolute Gasteiger partial charge is 0.379 e. The van der Waals surface area contributed by atoms with Crippen LogP contribution < -0.4 is 5.32 Å². The van der Waals surface area contributed by atoms with Gasteiger partial charge < -0.3 is 10.1 Å². The van der Waals surface area contributed by atoms with Crippen LogP contribution >= 0.6 is 11.3 Å². The lowest BCUT2D eigenvalue weighted by Gasteiger charge is -2.34. The van der Waals surface area contributed by atoms with Gasteiger partial charge in [-0.1, -0.05) is 6.07 Å². The molecule has 0 saturated carbocycles. The molecule has 0 spiro atoms. The van der Waals surface area contributed by atoms with Crippen LogP contribution in [0.1, 0.15) is 16.6 Å². The van der Waals surface area contributed by atoms with E-state index < -0.39 is 0 Å². The first-order valence-corrected chi connectivity index (χ1v) is 8.09. The second-order valence-corrected chi connectivity index (χ2v) is 6.06. The molecule has 1 N–H and O–H groups in total. The molecule has 6 heteroatoms. The summed E-state index contributed by atoms with van der Waals surface area (Å²) in [5, 5.41) is 5.50. The van der Waals surface area contributed by atoms with Gasteiger partial charge in [-0.25, -0.2) is 9.97 Å². The van der Waals surface area contributed by atoms with E-state index in [9.17, 15) is 0 Å². The van der Waals surface area contributed by atoms with Gasteiger partial charge in [0.2, 0.25) is 5.95 Å². The summed E-state index contributed by atoms with van der Waals surface area (Å²) in [4.78, 5) is 12.5. The Labute approximate surface area is 129 Å². The van der Waals surface area contributed by atoms with Crippen molar-refractivity contribution in [1.29, 1.82) is 0 Å². The van der Waals surface area contributed by atoms with E-state index in [4.69, 9.17) is 4.74 Å². The van der Waals surface area contributed by atoms with Crippen molar-refractivity contribution in [2.45, 2.75) is 13.0 Å². The molecule has 0 amide bonds. The lowest BCUT2D eigenvalue weighted by atomic mass is 10.2. The predicted octanol–water partition coefficient (Wildman–Crippen LogP) is 2.33. The molecular weight excluding hydrogens is 284 g/mol. The molecule has 1 saturated heterocycles. The number of ether oxygens (including phenoxy) is 1. The van der Waals surface area contributed by atoms with Crippen molar-refractivity contribution in [1.82, 2.24) is 14.9 Å². The molecule has 0 aromatic carbocycles. The first-order chi connectivity index (χ1) is 10.3. The Hall–Kier alpha value is -1.50. The van der Waals surface area contributed by atoms with Gasteiger partial charge in [-0.15, -0.1) is 11.3 Å². The van der Waals surface area contributed by atoms with Crippen LogP contribution in [0.5, 0.6) is 0 Å². The van der Waals surface area contributed by atoms with Gasteiger partial charge in [-0.2, -0.15) is 0 Å². The van der Waals surface area contributed by atoms with Gasteiger partial charge in [0.1, 0.15) is 0 Å². The number of hydrogen-bond donors (Lipinski definition) is 1. The maximum atomic E-state index is 5.46. The number of aromatic nitrogens is 2. The van der Waals surface area contributed by atoms with Crippen LogP contribution in [0.4, 0.5) is 5.95 Å². The summed E-state index contributed by atoms with van der Waals surface area (Å²) in [7, 11) is 0. The third-order valence-corrected chi connectivity index (χ3v) is 4.58. The summed E-state index contributed by atoms with van der Waals surface area (Å²) in [6.45, 7) is 6.35. The monoisotopic (exact) mass is 304 g/mol. The van der Waals surface area contributed by atoms with Crippen LogP contribution in [-0.4, -0.2) is 47.7 Å². The number of nitrogens with one attached hydrogen (secondary N) is 1. The number of anilines is 1. The van der Waals surface area contributed by atoms with Gasteiger partial charge in [0, 0.05) is 36.4 Å². The van der Waals surface area contributed by atoms with Crippen LogP contribution in [0, 0.1) is 6.92 Å². The van der Waals surface area contributed by atoms with Gasteiger partial charge in [-0.3, -0.25) is 4.90 Å². The maximum absolute atomic E-state index is 5.46. The first-order valence-electron chi connectivity index (χ1n) is 7.21. The summed E-state index contributed by atoms with van der Waals surface area (Å²) < 4.78 is 5.46. The number of aryl methyl sites for hydroxylation is 1. The van der Waals surface area contributed by atoms with E-state index in [0.29, 0.717) is 12.0 Å². The minimum absolute atomic E-state index is 0.345. The van der Waals surface area contributed by atoms with E-state index in [-0.39, 0.29) is 0 Å². The highest BCUT2D eigenvalue weighted by atomic mass is 32.1. The summed E-state index contributed by atoms with van der Waals surface area (Å²) in [5.74, 6) is 0.699. The molecule has 112 valence electrons. The third kappa shape index (κ3) is 3.78. The van der Waals surface area contributed by atoms with Crippen molar-refractivity contribution >= 4 is 17.3 Å². The van der Waals surface area contributed by atoms with E-state index >= 15 is 0 Å². The molecule has 21 heavy (non-hydrogen) atoms. The van der Waals surface area contributed by atoms with Crippen molar-refractivity contribution in [3.05, 3.63) is 40.3 Å². The highest BCUT2D eigenvalue weighted by Crippen LogP contribution is 2.26. The van der Waals surface area contributed by atoms with Crippen LogP contribution in [0.15, 0.2) is 29.8 Å². The third-order valence-electron chi connectivity index (χ3n) is 3.61. The number of hydrogen-bond acceptors (Lipinski definition) is 6. The second kappa shape index (κ2) is 6.98. The highest BCUT2D eigenvalue weighted by molar-refractivity contribution is 7.10. The summed E-state index contributed by atoms with van der Waals surface area (Å²) >= 11 is 1.80. The van der Waals surface area contributed by atoms with E-state index in [1.807, 2.05) is 13.0 Å². The van der Waals surface area contributed by atoms with Crippen LogP contribution in [0.2, 0.25) is 0 Å². The molecule has 5 nitrogen and oxygen atoms in total. The molecule has 0 unspecified atom stereocenters. The Morgan fingerprint density at radius 3 is 2.95 bits per heavy atom. The molecule has 2 aromatic rings. The summed E-state index contributed by atoms with van der Waals surface area (Å²) in [6.07, 6.45) is 1.79. The number of morpholine rings is 1. The molecule has 0 bridgehead atoms. The summed E-state index contributed by atoms with van der Waals surface area (Å²) in [6, 6.07) is 6.56. The van der Waals surface area contributed by atoms with Crippen LogP contribution in [-0.2, 0) is 4.74 Å². The molecule has 1 aliphatic heterocycles. The number of nitrogens with zero attached hydrogens (tertiary/aromatic N) is 3. The average Bonchev–Trinajstić information content (AvgIpc) is 3.03. The van der Waals surface area contributed by atoms with Gasteiger partial charge >= 0.3 is 0 Å². The van der Waals surface area contributed by atoms with Crippen molar-refractivity contribution < 1.29 is 4.74 Å². The zero-order valence-electron chi connectivity index (χ0n) is 12.2. The zero-order chi connectivity index (χ0) is 14.5. The topological polar surface area (TPSA) is 50.3 Å². The highest BCUT2D eigenvalue weighted by Gasteiger charge is 2.23. The normalized spacial score (nSPS) is 17.6. The van der Waals surface area contributed by atoms with Gasteiger partial charge in [0.15, 0.2) is 0 Å². The second-order valence-electron chi connectivity index (χ2n) is 5.08. The predicted molar refractivity (Wildman–Crippen MR) is 84.7 cm³/mol. The van der Waals surface area contributed by atoms with Crippen LogP contribution in [0.3, 0.4) is 0 Å². The van der Waals surface area contributed by atoms with E-state index in [2.05, 4.69) is 37.7 Å². The Balaban J connectivity index is 1.70. The quantitative estimate of drug-likeness (QED) is 0.919. The fraction of sp³-hybridized carbons (Fsp3) is 0.467. The molecule has 0 radical (unpaired) electrons. The van der Waals surface area contributed by atoms with Gasteiger partial charge in [0.05, 0.1) is 19.3 Å². The smallest absolute Gasteiger partial charge is 0.222 e. The van der Waals surface area contributed by atoms with Crippen molar-refractivity contribution in [3.8, 4) is 0 Å². The van der Waals surface area contributed by atoms with Crippen molar-refractivity contribution in [2.24, 2.45) is 0 Å². The standard InChI is InChI=1S/C15H20N4OS/c1-12-4-5-16-15(18-12)17-11-13(14-3-2-10-21-14)19-6-8-20-9-7-19/h2-5,10,13H,6-9,11H2,1H3,(H,16,17,18)/t13-/m0/s1. The Bertz CT molecular complexity index is 555. The Morgan fingerprint density at radius 2 is 2.24 bits per heavy atom. The lowest BCUT2D eigenvalue weighted by Crippen LogP contribution is -2.41. The lowest BCUT2D eigenvalue weighted by molar-refractivity contribution is 0.0193. The molecule has 2 aromatic heterocycles. The molecular formula is C15H20N4OS. The van der Waals surface area contributed by atoms with E-state index in [0.717, 1.165) is 38.5 Å². The molecule has 1 fully saturated rings. The molecule has 0 aliphatic carbocycles. The SMILES string of the molecule is Cc1ccnc(NC[C@@H](c2cccs2)N2CCOCC2)n1. The first kappa shape index (κ1) is 14.4. The Morgan fingerprint density at radius 1 is 1.38 bits per heavy atom. The molecule has 3 heterocycles. The fourth-order valence-corrected chi connectivity index (χ4v) is 3.36. The number of thiophene rings is 1. The van der Waals surface area contributed by atoms with Crippen LogP contribution in [0.25, 0.3) is 0 Å².